The maximum absolute atomic E-state index is 12.7. The van der Waals surface area contributed by atoms with E-state index in [0.717, 1.165) is 76.5 Å². The summed E-state index contributed by atoms with van der Waals surface area (Å²) in [6.07, 6.45) is 31.5. The number of phosphoric ester groups is 2. The Kier molecular flexibility index (Phi) is 37.8. The molecule has 0 aromatic heterocycles. The maximum Gasteiger partial charge on any atom is 0.472 e. The van der Waals surface area contributed by atoms with Crippen LogP contribution in [0.1, 0.15) is 194 Å². The molecular formula is C44H82O14P2. The van der Waals surface area contributed by atoms with Crippen molar-refractivity contribution < 1.29 is 66.3 Å². The Morgan fingerprint density at radius 1 is 0.567 bits per heavy atom. The minimum Gasteiger partial charge on any atom is -0.462 e. The van der Waals surface area contributed by atoms with E-state index in [1.54, 1.807) is 12.2 Å². The molecule has 0 bridgehead atoms. The van der Waals surface area contributed by atoms with Crippen molar-refractivity contribution in [3.05, 3.63) is 24.3 Å². The van der Waals surface area contributed by atoms with Gasteiger partial charge in [0.1, 0.15) is 12.7 Å². The normalized spacial score (nSPS) is 14.2. The summed E-state index contributed by atoms with van der Waals surface area (Å²) in [7, 11) is -9.69. The number of allylic oxidation sites excluding steroid dienone is 4. The zero-order valence-electron chi connectivity index (χ0n) is 37.2. The van der Waals surface area contributed by atoms with Crippen LogP contribution in [0.2, 0.25) is 0 Å². The highest BCUT2D eigenvalue weighted by molar-refractivity contribution is 7.47. The molecule has 0 amide bonds. The molecule has 1 unspecified atom stereocenters. The number of aliphatic hydroxyl groups excluding tert-OH is 1. The monoisotopic (exact) mass is 897 g/mol. The molecule has 0 radical (unpaired) electrons. The van der Waals surface area contributed by atoms with Crippen molar-refractivity contribution in [2.24, 2.45) is 5.92 Å². The van der Waals surface area contributed by atoms with Crippen LogP contribution in [0, 0.1) is 5.92 Å². The van der Waals surface area contributed by atoms with Crippen molar-refractivity contribution in [1.29, 1.82) is 0 Å². The minimum absolute atomic E-state index is 0.117. The molecule has 0 aliphatic rings. The molecule has 0 rings (SSSR count). The number of rotatable bonds is 43. The number of ether oxygens (including phenoxy) is 2. The van der Waals surface area contributed by atoms with E-state index in [9.17, 15) is 33.5 Å². The Morgan fingerprint density at radius 3 is 1.60 bits per heavy atom. The topological polar surface area (TPSA) is 212 Å². The van der Waals surface area contributed by atoms with E-state index in [0.29, 0.717) is 19.3 Å². The van der Waals surface area contributed by atoms with Crippen molar-refractivity contribution in [2.75, 3.05) is 26.4 Å². The van der Waals surface area contributed by atoms with Crippen molar-refractivity contribution in [3.63, 3.8) is 0 Å². The molecule has 0 heterocycles. The number of carbonyl (C=O) groups is 3. The standard InChI is InChI=1S/C44H82O14P2/c1-4-5-25-31-40(45)32-27-22-18-14-12-16-19-23-28-33-43(47)54-37-42(38-57-60(52,53)56-36-41(46)35-55-59(49,50)51)58-44(48)34-29-24-20-15-11-9-7-6-8-10-13-17-21-26-30-39(2)3/h18,22,27,32,39,41-42,46H,4-17,19-21,23-26,28-31,33-38H2,1-3H3,(H,52,53)(H2,49,50,51)/b22-18-,32-27+/t41-,42+/m0/s1. The first-order valence-electron chi connectivity index (χ1n) is 22.8. The highest BCUT2D eigenvalue weighted by atomic mass is 31.2. The number of phosphoric acid groups is 2. The van der Waals surface area contributed by atoms with Crippen LogP contribution >= 0.6 is 15.6 Å². The molecule has 0 spiro atoms. The third-order valence-electron chi connectivity index (χ3n) is 9.74. The van der Waals surface area contributed by atoms with E-state index in [1.807, 2.05) is 12.2 Å². The molecule has 0 saturated heterocycles. The average Bonchev–Trinajstić information content (AvgIpc) is 3.18. The van der Waals surface area contributed by atoms with Crippen molar-refractivity contribution in [3.8, 4) is 0 Å². The lowest BCUT2D eigenvalue weighted by molar-refractivity contribution is -0.161. The molecule has 0 aromatic rings. The molecular weight excluding hydrogens is 814 g/mol. The Bertz CT molecular complexity index is 1240. The summed E-state index contributed by atoms with van der Waals surface area (Å²) in [6, 6.07) is 0. The molecule has 14 nitrogen and oxygen atoms in total. The van der Waals surface area contributed by atoms with Crippen LogP contribution in [-0.4, -0.2) is 76.1 Å². The number of ketones is 1. The van der Waals surface area contributed by atoms with E-state index < -0.39 is 66.2 Å². The number of aliphatic hydroxyl groups is 1. The minimum atomic E-state index is -4.87. The average molecular weight is 897 g/mol. The maximum atomic E-state index is 12.7. The van der Waals surface area contributed by atoms with Gasteiger partial charge >= 0.3 is 27.6 Å². The molecule has 352 valence electrons. The van der Waals surface area contributed by atoms with Gasteiger partial charge in [0, 0.05) is 19.3 Å². The Morgan fingerprint density at radius 2 is 1.05 bits per heavy atom. The van der Waals surface area contributed by atoms with Crippen LogP contribution in [-0.2, 0) is 46.6 Å². The van der Waals surface area contributed by atoms with E-state index >= 15 is 0 Å². The summed E-state index contributed by atoms with van der Waals surface area (Å²) in [6.45, 7) is 3.90. The first-order valence-corrected chi connectivity index (χ1v) is 25.9. The molecule has 0 aliphatic heterocycles. The van der Waals surface area contributed by atoms with Crippen LogP contribution < -0.4 is 0 Å². The number of esters is 2. The van der Waals surface area contributed by atoms with E-state index in [2.05, 4.69) is 29.8 Å². The first kappa shape index (κ1) is 58.3. The Hall–Kier alpha value is -1.73. The summed E-state index contributed by atoms with van der Waals surface area (Å²) in [5.41, 5.74) is 0. The van der Waals surface area contributed by atoms with Gasteiger partial charge in [-0.25, -0.2) is 9.13 Å². The van der Waals surface area contributed by atoms with E-state index in [-0.39, 0.29) is 18.6 Å². The highest BCUT2D eigenvalue weighted by Crippen LogP contribution is 2.43. The summed E-state index contributed by atoms with van der Waals surface area (Å²) >= 11 is 0. The second-order valence-electron chi connectivity index (χ2n) is 16.2. The van der Waals surface area contributed by atoms with Crippen molar-refractivity contribution in [1.82, 2.24) is 0 Å². The van der Waals surface area contributed by atoms with Gasteiger partial charge in [-0.2, -0.15) is 0 Å². The van der Waals surface area contributed by atoms with Crippen LogP contribution in [0.3, 0.4) is 0 Å². The Labute approximate surface area is 361 Å². The van der Waals surface area contributed by atoms with Crippen molar-refractivity contribution >= 4 is 33.4 Å². The summed E-state index contributed by atoms with van der Waals surface area (Å²) in [5.74, 6) is -0.130. The second kappa shape index (κ2) is 38.9. The summed E-state index contributed by atoms with van der Waals surface area (Å²) in [5, 5.41) is 9.75. The van der Waals surface area contributed by atoms with Gasteiger partial charge in [-0.15, -0.1) is 0 Å². The second-order valence-corrected chi connectivity index (χ2v) is 18.9. The molecule has 0 saturated carbocycles. The number of carbonyl (C=O) groups excluding carboxylic acids is 3. The van der Waals surface area contributed by atoms with E-state index in [1.165, 1.54) is 70.6 Å². The molecule has 60 heavy (non-hydrogen) atoms. The fourth-order valence-electron chi connectivity index (χ4n) is 6.22. The lowest BCUT2D eigenvalue weighted by Gasteiger charge is -2.20. The van der Waals surface area contributed by atoms with Gasteiger partial charge < -0.3 is 29.3 Å². The molecule has 4 N–H and O–H groups in total. The first-order chi connectivity index (χ1) is 28.6. The lowest BCUT2D eigenvalue weighted by atomic mass is 10.0. The van der Waals surface area contributed by atoms with Gasteiger partial charge in [0.15, 0.2) is 11.9 Å². The molecule has 3 atom stereocenters. The van der Waals surface area contributed by atoms with Gasteiger partial charge in [-0.05, 0) is 44.1 Å². The number of hydrogen-bond donors (Lipinski definition) is 4. The van der Waals surface area contributed by atoms with Gasteiger partial charge in [0.2, 0.25) is 0 Å². The SMILES string of the molecule is CCCCCC(=O)/C=C/C=C\CCCCCCCC(=O)OC[C@H](COP(=O)(O)OC[C@@H](O)COP(=O)(O)O)OC(=O)CCCCCCCCCCCCCCCCC(C)C. The fourth-order valence-corrected chi connectivity index (χ4v) is 7.38. The summed E-state index contributed by atoms with van der Waals surface area (Å²) < 4.78 is 47.8. The number of unbranched alkanes of at least 4 members (excludes halogenated alkanes) is 20. The molecule has 16 heteroatoms. The quantitative estimate of drug-likeness (QED) is 0.0147. The van der Waals surface area contributed by atoms with Gasteiger partial charge in [-0.1, -0.05) is 161 Å². The third kappa shape index (κ3) is 42.9. The number of hydrogen-bond acceptors (Lipinski definition) is 11. The zero-order valence-corrected chi connectivity index (χ0v) is 39.0. The van der Waals surface area contributed by atoms with Crippen LogP contribution in [0.15, 0.2) is 24.3 Å². The van der Waals surface area contributed by atoms with Crippen LogP contribution in [0.5, 0.6) is 0 Å². The molecule has 0 aliphatic carbocycles. The van der Waals surface area contributed by atoms with Crippen molar-refractivity contribution in [2.45, 2.75) is 206 Å². The summed E-state index contributed by atoms with van der Waals surface area (Å²) in [4.78, 5) is 64.5. The zero-order chi connectivity index (χ0) is 44.7. The lowest BCUT2D eigenvalue weighted by Crippen LogP contribution is -2.30. The predicted octanol–water partition coefficient (Wildman–Crippen LogP) is 10.9. The molecule has 0 aromatic carbocycles. The largest absolute Gasteiger partial charge is 0.472 e. The van der Waals surface area contributed by atoms with E-state index in [4.69, 9.17) is 23.8 Å². The van der Waals surface area contributed by atoms with Crippen LogP contribution in [0.25, 0.3) is 0 Å². The fraction of sp³-hybridized carbons (Fsp3) is 0.841. The molecule has 0 fully saturated rings. The highest BCUT2D eigenvalue weighted by Gasteiger charge is 2.28. The van der Waals surface area contributed by atoms with Gasteiger partial charge in [-0.3, -0.25) is 28.0 Å². The Balaban J connectivity index is 4.53. The van der Waals surface area contributed by atoms with Gasteiger partial charge in [0.25, 0.3) is 0 Å². The van der Waals surface area contributed by atoms with Gasteiger partial charge in [0.05, 0.1) is 19.8 Å². The third-order valence-corrected chi connectivity index (χ3v) is 11.2. The predicted molar refractivity (Wildman–Crippen MR) is 235 cm³/mol. The smallest absolute Gasteiger partial charge is 0.462 e. The van der Waals surface area contributed by atoms with Crippen LogP contribution in [0.4, 0.5) is 0 Å².